The van der Waals surface area contributed by atoms with Crippen LogP contribution in [0.25, 0.3) is 11.5 Å². The van der Waals surface area contributed by atoms with E-state index in [-0.39, 0.29) is 24.0 Å². The van der Waals surface area contributed by atoms with Crippen LogP contribution in [0.5, 0.6) is 0 Å². The summed E-state index contributed by atoms with van der Waals surface area (Å²) in [6.45, 7) is 6.79. The molecule has 32 heavy (non-hydrogen) atoms. The van der Waals surface area contributed by atoms with Gasteiger partial charge in [0.15, 0.2) is 0 Å². The first kappa shape index (κ1) is 20.8. The Kier molecular flexibility index (Phi) is 4.87. The second-order valence-electron chi connectivity index (χ2n) is 9.83. The van der Waals surface area contributed by atoms with Crippen LogP contribution >= 0.6 is 0 Å². The van der Waals surface area contributed by atoms with Gasteiger partial charge in [0.2, 0.25) is 0 Å². The molecule has 0 bridgehead atoms. The summed E-state index contributed by atoms with van der Waals surface area (Å²) in [5, 5.41) is 3.69. The first-order chi connectivity index (χ1) is 15.2. The van der Waals surface area contributed by atoms with Crippen LogP contribution in [-0.2, 0) is 4.74 Å². The predicted octanol–water partition coefficient (Wildman–Crippen LogP) is 4.24. The van der Waals surface area contributed by atoms with Crippen molar-refractivity contribution in [2.45, 2.75) is 51.3 Å². The van der Waals surface area contributed by atoms with Gasteiger partial charge < -0.3 is 19.9 Å². The molecule has 168 valence electrons. The first-order valence-electron chi connectivity index (χ1n) is 11.2. The van der Waals surface area contributed by atoms with Crippen LogP contribution in [0.2, 0.25) is 0 Å². The summed E-state index contributed by atoms with van der Waals surface area (Å²) in [6.07, 6.45) is 8.88. The van der Waals surface area contributed by atoms with Crippen molar-refractivity contribution in [3.63, 3.8) is 0 Å². The molecule has 4 aliphatic rings. The molecule has 1 aromatic heterocycles. The van der Waals surface area contributed by atoms with E-state index in [0.29, 0.717) is 24.3 Å². The number of hydrogen-bond acceptors (Lipinski definition) is 5. The summed E-state index contributed by atoms with van der Waals surface area (Å²) in [6, 6.07) is 3.82. The maximum Gasteiger partial charge on any atom is 0.410 e. The topological polar surface area (TPSA) is 57.7 Å². The fourth-order valence-electron chi connectivity index (χ4n) is 4.96. The molecule has 1 N–H and O–H groups in total. The van der Waals surface area contributed by atoms with Crippen LogP contribution in [0.3, 0.4) is 0 Å². The van der Waals surface area contributed by atoms with Gasteiger partial charge >= 0.3 is 6.09 Å². The van der Waals surface area contributed by atoms with Gasteiger partial charge in [0.25, 0.3) is 0 Å². The molecule has 4 heterocycles. The average Bonchev–Trinajstić information content (AvgIpc) is 3.01. The van der Waals surface area contributed by atoms with E-state index in [1.807, 2.05) is 34.0 Å². The van der Waals surface area contributed by atoms with E-state index in [0.717, 1.165) is 29.7 Å². The van der Waals surface area contributed by atoms with Crippen LogP contribution in [0, 0.1) is 0 Å². The monoisotopic (exact) mass is 436 g/mol. The summed E-state index contributed by atoms with van der Waals surface area (Å²) in [5.74, 6) is -0.258. The van der Waals surface area contributed by atoms with E-state index in [2.05, 4.69) is 21.3 Å². The highest BCUT2D eigenvalue weighted by molar-refractivity contribution is 5.85. The van der Waals surface area contributed by atoms with Gasteiger partial charge in [-0.05, 0) is 57.4 Å². The Bertz CT molecular complexity index is 1100. The summed E-state index contributed by atoms with van der Waals surface area (Å²) in [4.78, 5) is 20.9. The van der Waals surface area contributed by atoms with Crippen LogP contribution < -0.4 is 5.32 Å². The summed E-state index contributed by atoms with van der Waals surface area (Å²) in [5.41, 5.74) is 4.89. The lowest BCUT2D eigenvalue weighted by atomic mass is 9.85. The maximum absolute atomic E-state index is 15.0. The molecule has 5 rings (SSSR count). The number of allylic oxidation sites excluding steroid dienone is 1. The molecule has 7 heteroatoms. The van der Waals surface area contributed by atoms with Gasteiger partial charge in [-0.2, -0.15) is 0 Å². The SMILES string of the molecule is CN1C=C2C=C(F)c3cccnc3C3=C2C1CC(C1=CCN(C(=O)OC(C)(C)C)CC1)N3. The minimum Gasteiger partial charge on any atom is -0.444 e. The van der Waals surface area contributed by atoms with E-state index in [1.165, 1.54) is 5.57 Å². The summed E-state index contributed by atoms with van der Waals surface area (Å²) in [7, 11) is 2.05. The number of ether oxygens (including phenoxy) is 1. The lowest BCUT2D eigenvalue weighted by Crippen LogP contribution is -2.46. The molecule has 2 atom stereocenters. The van der Waals surface area contributed by atoms with E-state index in [9.17, 15) is 9.18 Å². The van der Waals surface area contributed by atoms with Crippen LogP contribution in [0.15, 0.2) is 53.4 Å². The maximum atomic E-state index is 15.0. The predicted molar refractivity (Wildman–Crippen MR) is 122 cm³/mol. The lowest BCUT2D eigenvalue weighted by molar-refractivity contribution is 0.0264. The number of carbonyl (C=O) groups is 1. The number of carbonyl (C=O) groups excluding carboxylic acids is 1. The molecule has 0 spiro atoms. The zero-order valence-corrected chi connectivity index (χ0v) is 19.0. The van der Waals surface area contributed by atoms with Crippen molar-refractivity contribution in [1.29, 1.82) is 0 Å². The second kappa shape index (κ2) is 7.50. The molecule has 0 fully saturated rings. The highest BCUT2D eigenvalue weighted by Crippen LogP contribution is 2.44. The zero-order chi connectivity index (χ0) is 22.6. The molecule has 0 saturated carbocycles. The van der Waals surface area contributed by atoms with Crippen molar-refractivity contribution in [3.05, 3.63) is 64.7 Å². The average molecular weight is 437 g/mol. The summed E-state index contributed by atoms with van der Waals surface area (Å²) < 4.78 is 20.5. The lowest BCUT2D eigenvalue weighted by Gasteiger charge is -2.38. The Balaban J connectivity index is 1.42. The third-order valence-electron chi connectivity index (χ3n) is 6.45. The fourth-order valence-corrected chi connectivity index (χ4v) is 4.96. The molecule has 0 saturated heterocycles. The Morgan fingerprint density at radius 1 is 1.34 bits per heavy atom. The number of pyridine rings is 1. The number of nitrogens with zero attached hydrogens (tertiary/aromatic N) is 3. The zero-order valence-electron chi connectivity index (χ0n) is 19.0. The number of halogens is 1. The quantitative estimate of drug-likeness (QED) is 0.668. The molecule has 6 nitrogen and oxygen atoms in total. The minimum atomic E-state index is -0.504. The number of aromatic nitrogens is 1. The largest absolute Gasteiger partial charge is 0.444 e. The van der Waals surface area contributed by atoms with E-state index >= 15 is 0 Å². The smallest absolute Gasteiger partial charge is 0.410 e. The third kappa shape index (κ3) is 3.59. The van der Waals surface area contributed by atoms with Gasteiger partial charge in [-0.15, -0.1) is 0 Å². The fraction of sp³-hybridized carbons (Fsp3) is 0.440. The molecule has 2 unspecified atom stereocenters. The number of rotatable bonds is 1. The van der Waals surface area contributed by atoms with Gasteiger partial charge in [-0.3, -0.25) is 4.98 Å². The Labute approximate surface area is 188 Å². The van der Waals surface area contributed by atoms with Crippen molar-refractivity contribution in [2.75, 3.05) is 20.1 Å². The van der Waals surface area contributed by atoms with Gasteiger partial charge in [-0.1, -0.05) is 6.08 Å². The van der Waals surface area contributed by atoms with Gasteiger partial charge in [0.05, 0.1) is 17.4 Å². The summed E-state index contributed by atoms with van der Waals surface area (Å²) >= 11 is 0. The molecule has 1 aromatic rings. The molecule has 1 aliphatic carbocycles. The van der Waals surface area contributed by atoms with Gasteiger partial charge in [-0.25, -0.2) is 9.18 Å². The van der Waals surface area contributed by atoms with Crippen LogP contribution in [0.4, 0.5) is 9.18 Å². The Hall–Kier alpha value is -3.09. The number of hydrogen-bond donors (Lipinski definition) is 1. The van der Waals surface area contributed by atoms with Gasteiger partial charge in [0, 0.05) is 55.3 Å². The number of amides is 1. The van der Waals surface area contributed by atoms with Crippen molar-refractivity contribution in [3.8, 4) is 0 Å². The van der Waals surface area contributed by atoms with Crippen LogP contribution in [-0.4, -0.2) is 58.7 Å². The van der Waals surface area contributed by atoms with E-state index < -0.39 is 5.60 Å². The second-order valence-corrected chi connectivity index (χ2v) is 9.83. The van der Waals surface area contributed by atoms with Gasteiger partial charge in [0.1, 0.15) is 11.4 Å². The Morgan fingerprint density at radius 2 is 2.16 bits per heavy atom. The molecule has 0 aromatic carbocycles. The number of likely N-dealkylation sites (N-methyl/N-ethyl adjacent to an activating group) is 1. The molecule has 0 radical (unpaired) electrons. The molecular weight excluding hydrogens is 407 g/mol. The number of nitrogens with one attached hydrogen (secondary N) is 1. The molecule has 1 amide bonds. The highest BCUT2D eigenvalue weighted by atomic mass is 19.1. The number of fused-ring (bicyclic) bond motifs is 2. The van der Waals surface area contributed by atoms with Crippen molar-refractivity contribution < 1.29 is 13.9 Å². The molecule has 3 aliphatic heterocycles. The van der Waals surface area contributed by atoms with E-state index in [1.54, 1.807) is 29.3 Å². The van der Waals surface area contributed by atoms with Crippen molar-refractivity contribution in [2.24, 2.45) is 0 Å². The Morgan fingerprint density at radius 3 is 2.88 bits per heavy atom. The van der Waals surface area contributed by atoms with E-state index in [4.69, 9.17) is 4.74 Å². The minimum absolute atomic E-state index is 0.103. The normalized spacial score (nSPS) is 24.6. The van der Waals surface area contributed by atoms with Crippen molar-refractivity contribution >= 4 is 17.6 Å². The first-order valence-corrected chi connectivity index (χ1v) is 11.2. The van der Waals surface area contributed by atoms with Crippen molar-refractivity contribution in [1.82, 2.24) is 20.1 Å². The highest BCUT2D eigenvalue weighted by Gasteiger charge is 2.40. The third-order valence-corrected chi connectivity index (χ3v) is 6.45. The molecular formula is C25H29FN4O2. The standard InChI is InChI=1S/C25H29FN4O2/c1-25(2,3)32-24(31)30-10-7-15(8-11-30)19-13-20-21-16(14-29(20)4)12-18(26)17-6-5-9-27-22(17)23(21)28-19/h5-7,9,12,14,19-20,28H,8,10-11,13H2,1-4H3. The van der Waals surface area contributed by atoms with Crippen LogP contribution in [0.1, 0.15) is 44.9 Å².